The van der Waals surface area contributed by atoms with Gasteiger partial charge in [-0.2, -0.15) is 13.2 Å². The highest BCUT2D eigenvalue weighted by Crippen LogP contribution is 2.44. The maximum atomic E-state index is 13.2. The van der Waals surface area contributed by atoms with E-state index >= 15 is 0 Å². The van der Waals surface area contributed by atoms with Gasteiger partial charge in [0, 0.05) is 35.7 Å². The summed E-state index contributed by atoms with van der Waals surface area (Å²) in [6.45, 7) is 3.97. The largest absolute Gasteiger partial charge is 0.490 e. The van der Waals surface area contributed by atoms with E-state index in [4.69, 9.17) is 4.74 Å². The van der Waals surface area contributed by atoms with Crippen LogP contribution in [0.25, 0.3) is 0 Å². The van der Waals surface area contributed by atoms with E-state index in [1.807, 2.05) is 12.1 Å². The molecule has 1 aliphatic carbocycles. The van der Waals surface area contributed by atoms with Gasteiger partial charge in [-0.1, -0.05) is 30.9 Å². The minimum absolute atomic E-state index is 0.00762. The van der Waals surface area contributed by atoms with Gasteiger partial charge in [0.15, 0.2) is 5.78 Å². The molecule has 1 amide bonds. The number of alkyl halides is 3. The summed E-state index contributed by atoms with van der Waals surface area (Å²) in [5.74, 6) is -0.172. The molecule has 0 radical (unpaired) electrons. The minimum Gasteiger partial charge on any atom is -0.490 e. The Bertz CT molecular complexity index is 1090. The SMILES string of the molecule is C=CCOc1ccc(C2CC(=O)N(c3cccc(C(F)(F)F)c3)C3=C2C(=O)CCC3)cc1. The van der Waals surface area contributed by atoms with Crippen LogP contribution in [0.3, 0.4) is 0 Å². The topological polar surface area (TPSA) is 46.6 Å². The number of hydrogen-bond donors (Lipinski definition) is 0. The van der Waals surface area contributed by atoms with Crippen LogP contribution >= 0.6 is 0 Å². The number of nitrogens with zero attached hydrogens (tertiary/aromatic N) is 1. The van der Waals surface area contributed by atoms with Gasteiger partial charge in [0.2, 0.25) is 5.91 Å². The lowest BCUT2D eigenvalue weighted by Gasteiger charge is -2.38. The summed E-state index contributed by atoms with van der Waals surface area (Å²) in [7, 11) is 0. The van der Waals surface area contributed by atoms with Gasteiger partial charge in [-0.25, -0.2) is 0 Å². The highest BCUT2D eigenvalue weighted by Gasteiger charge is 2.40. The van der Waals surface area contributed by atoms with Gasteiger partial charge < -0.3 is 4.74 Å². The molecule has 2 aromatic carbocycles. The van der Waals surface area contributed by atoms with E-state index in [1.165, 1.54) is 17.0 Å². The molecule has 2 aromatic rings. The number of halogens is 3. The fourth-order valence-electron chi connectivity index (χ4n) is 4.35. The van der Waals surface area contributed by atoms with Crippen LogP contribution in [0.5, 0.6) is 5.75 Å². The standard InChI is InChI=1S/C25H22F3NO3/c1-2-13-32-19-11-9-16(10-12-19)20-15-23(31)29(21-7-4-8-22(30)24(20)21)18-6-3-5-17(14-18)25(26,27)28/h2-3,5-6,9-12,14,20H,1,4,7-8,13,15H2. The first-order chi connectivity index (χ1) is 15.3. The molecule has 1 unspecified atom stereocenters. The molecule has 0 spiro atoms. The normalized spacial score (nSPS) is 19.1. The number of hydrogen-bond acceptors (Lipinski definition) is 3. The molecule has 0 N–H and O–H groups in total. The number of ketones is 1. The number of ether oxygens (including phenoxy) is 1. The quantitative estimate of drug-likeness (QED) is 0.551. The van der Waals surface area contributed by atoms with Crippen LogP contribution in [0.2, 0.25) is 0 Å². The molecule has 32 heavy (non-hydrogen) atoms. The summed E-state index contributed by atoms with van der Waals surface area (Å²) < 4.78 is 45.2. The zero-order valence-corrected chi connectivity index (χ0v) is 17.3. The lowest BCUT2D eigenvalue weighted by Crippen LogP contribution is -2.40. The molecular weight excluding hydrogens is 419 g/mol. The Morgan fingerprint density at radius 1 is 1.09 bits per heavy atom. The number of Topliss-reactive ketones (excluding diaryl/α,β-unsaturated/α-hetero) is 1. The van der Waals surface area contributed by atoms with Gasteiger partial charge >= 0.3 is 6.18 Å². The van der Waals surface area contributed by atoms with Gasteiger partial charge in [0.25, 0.3) is 0 Å². The zero-order chi connectivity index (χ0) is 22.9. The summed E-state index contributed by atoms with van der Waals surface area (Å²) >= 11 is 0. The Labute approximate surface area is 184 Å². The lowest BCUT2D eigenvalue weighted by molar-refractivity contribution is -0.137. The van der Waals surface area contributed by atoms with Crippen LogP contribution in [-0.4, -0.2) is 18.3 Å². The van der Waals surface area contributed by atoms with Crippen LogP contribution in [0.1, 0.15) is 42.7 Å². The second-order valence-corrected chi connectivity index (χ2v) is 7.84. The van der Waals surface area contributed by atoms with Crippen LogP contribution in [-0.2, 0) is 15.8 Å². The molecule has 1 heterocycles. The maximum Gasteiger partial charge on any atom is 0.416 e. The average molecular weight is 441 g/mol. The van der Waals surface area contributed by atoms with E-state index in [0.29, 0.717) is 42.9 Å². The molecule has 7 heteroatoms. The second-order valence-electron chi connectivity index (χ2n) is 7.84. The van der Waals surface area contributed by atoms with Gasteiger partial charge in [0.05, 0.1) is 5.56 Å². The predicted molar refractivity (Wildman–Crippen MR) is 114 cm³/mol. The number of rotatable bonds is 5. The van der Waals surface area contributed by atoms with Crippen molar-refractivity contribution in [1.29, 1.82) is 0 Å². The number of allylic oxidation sites excluding steroid dienone is 2. The van der Waals surface area contributed by atoms with Gasteiger partial charge in [-0.3, -0.25) is 14.5 Å². The molecule has 0 aromatic heterocycles. The fraction of sp³-hybridized carbons (Fsp3) is 0.280. The zero-order valence-electron chi connectivity index (χ0n) is 17.3. The third-order valence-electron chi connectivity index (χ3n) is 5.76. The van der Waals surface area contributed by atoms with Crippen molar-refractivity contribution < 1.29 is 27.5 Å². The van der Waals surface area contributed by atoms with Crippen molar-refractivity contribution in [2.24, 2.45) is 0 Å². The molecule has 0 saturated heterocycles. The summed E-state index contributed by atoms with van der Waals surface area (Å²) in [5.41, 5.74) is 1.14. The number of carbonyl (C=O) groups is 2. The van der Waals surface area contributed by atoms with E-state index in [1.54, 1.807) is 18.2 Å². The monoisotopic (exact) mass is 441 g/mol. The van der Waals surface area contributed by atoms with Crippen molar-refractivity contribution in [2.45, 2.75) is 37.8 Å². The average Bonchev–Trinajstić information content (AvgIpc) is 2.77. The third-order valence-corrected chi connectivity index (χ3v) is 5.76. The van der Waals surface area contributed by atoms with Crippen LogP contribution < -0.4 is 9.64 Å². The molecule has 0 bridgehead atoms. The highest BCUT2D eigenvalue weighted by molar-refractivity contribution is 6.07. The van der Waals surface area contributed by atoms with Crippen molar-refractivity contribution in [1.82, 2.24) is 0 Å². The molecule has 2 aliphatic rings. The molecule has 4 nitrogen and oxygen atoms in total. The Morgan fingerprint density at radius 3 is 2.53 bits per heavy atom. The van der Waals surface area contributed by atoms with E-state index in [2.05, 4.69) is 6.58 Å². The van der Waals surface area contributed by atoms with Crippen molar-refractivity contribution in [3.63, 3.8) is 0 Å². The smallest absolute Gasteiger partial charge is 0.416 e. The lowest BCUT2D eigenvalue weighted by atomic mass is 9.77. The molecule has 1 atom stereocenters. The van der Waals surface area contributed by atoms with Crippen molar-refractivity contribution in [3.05, 3.63) is 83.6 Å². The summed E-state index contributed by atoms with van der Waals surface area (Å²) in [6, 6.07) is 11.9. The first kappa shape index (κ1) is 21.9. The van der Waals surface area contributed by atoms with E-state index in [-0.39, 0.29) is 23.8 Å². The second kappa shape index (κ2) is 8.65. The van der Waals surface area contributed by atoms with Crippen LogP contribution in [0.4, 0.5) is 18.9 Å². The Kier molecular flexibility index (Phi) is 5.91. The predicted octanol–water partition coefficient (Wildman–Crippen LogP) is 5.80. The molecule has 0 saturated carbocycles. The van der Waals surface area contributed by atoms with E-state index in [0.717, 1.165) is 17.7 Å². The number of carbonyl (C=O) groups excluding carboxylic acids is 2. The van der Waals surface area contributed by atoms with E-state index < -0.39 is 17.7 Å². The first-order valence-electron chi connectivity index (χ1n) is 10.4. The van der Waals surface area contributed by atoms with Gasteiger partial charge in [-0.05, 0) is 48.7 Å². The summed E-state index contributed by atoms with van der Waals surface area (Å²) in [6.07, 6.45) is -1.50. The summed E-state index contributed by atoms with van der Waals surface area (Å²) in [5, 5.41) is 0. The molecule has 0 fully saturated rings. The van der Waals surface area contributed by atoms with Crippen molar-refractivity contribution in [2.75, 3.05) is 11.5 Å². The van der Waals surface area contributed by atoms with Crippen LogP contribution in [0.15, 0.2) is 72.5 Å². The van der Waals surface area contributed by atoms with Crippen molar-refractivity contribution >= 4 is 17.4 Å². The number of amides is 1. The fourth-order valence-corrected chi connectivity index (χ4v) is 4.35. The Morgan fingerprint density at radius 2 is 1.84 bits per heavy atom. The Hall–Kier alpha value is -3.35. The first-order valence-corrected chi connectivity index (χ1v) is 10.4. The number of anilines is 1. The molecular formula is C25H22F3NO3. The molecule has 166 valence electrons. The Balaban J connectivity index is 1.75. The third kappa shape index (κ3) is 4.20. The highest BCUT2D eigenvalue weighted by atomic mass is 19.4. The van der Waals surface area contributed by atoms with Gasteiger partial charge in [-0.15, -0.1) is 0 Å². The van der Waals surface area contributed by atoms with E-state index in [9.17, 15) is 22.8 Å². The molecule has 1 aliphatic heterocycles. The number of benzene rings is 2. The van der Waals surface area contributed by atoms with Gasteiger partial charge in [0.1, 0.15) is 12.4 Å². The van der Waals surface area contributed by atoms with Crippen LogP contribution in [0, 0.1) is 0 Å². The summed E-state index contributed by atoms with van der Waals surface area (Å²) in [4.78, 5) is 27.4. The van der Waals surface area contributed by atoms with Crippen molar-refractivity contribution in [3.8, 4) is 5.75 Å². The minimum atomic E-state index is -4.52. The maximum absolute atomic E-state index is 13.2. The molecule has 4 rings (SSSR count).